The van der Waals surface area contributed by atoms with E-state index in [2.05, 4.69) is 10.3 Å². The van der Waals surface area contributed by atoms with Crippen molar-refractivity contribution < 1.29 is 9.18 Å². The fourth-order valence-corrected chi connectivity index (χ4v) is 1.90. The molecule has 0 aliphatic carbocycles. The first-order chi connectivity index (χ1) is 8.16. The highest BCUT2D eigenvalue weighted by atomic mass is 32.1. The first-order valence-corrected chi connectivity index (χ1v) is 5.74. The zero-order valence-corrected chi connectivity index (χ0v) is 9.51. The third-order valence-electron chi connectivity index (χ3n) is 2.13. The molecule has 0 fully saturated rings. The number of halogens is 1. The average molecular weight is 252 g/mol. The van der Waals surface area contributed by atoms with Crippen LogP contribution in [-0.4, -0.2) is 10.9 Å². The van der Waals surface area contributed by atoms with Crippen molar-refractivity contribution in [2.75, 3.05) is 0 Å². The lowest BCUT2D eigenvalue weighted by molar-refractivity contribution is 0.0946. The second kappa shape index (κ2) is 4.92. The van der Waals surface area contributed by atoms with Gasteiger partial charge in [-0.15, -0.1) is 0 Å². The summed E-state index contributed by atoms with van der Waals surface area (Å²) in [6.45, 7) is 0.173. The topological polar surface area (TPSA) is 62.0 Å². The van der Waals surface area contributed by atoms with Crippen molar-refractivity contribution in [2.45, 2.75) is 6.54 Å². The number of nitrogens with one attached hydrogen (secondary N) is 2. The largest absolute Gasteiger partial charge is 0.346 e. The van der Waals surface area contributed by atoms with Gasteiger partial charge < -0.3 is 10.3 Å². The summed E-state index contributed by atoms with van der Waals surface area (Å²) in [6, 6.07) is 5.73. The minimum Gasteiger partial charge on any atom is -0.346 e. The number of H-pyrrole nitrogens is 1. The van der Waals surface area contributed by atoms with Crippen LogP contribution in [0.3, 0.4) is 0 Å². The highest BCUT2D eigenvalue weighted by molar-refractivity contribution is 7.07. The summed E-state index contributed by atoms with van der Waals surface area (Å²) in [5.41, 5.74) is 0.592. The second-order valence-electron chi connectivity index (χ2n) is 3.34. The molecule has 1 heterocycles. The van der Waals surface area contributed by atoms with E-state index in [1.807, 2.05) is 0 Å². The molecule has 4 nitrogen and oxygen atoms in total. The van der Waals surface area contributed by atoms with Gasteiger partial charge in [0, 0.05) is 11.1 Å². The smallest absolute Gasteiger partial charge is 0.304 e. The number of aromatic nitrogens is 1. The second-order valence-corrected chi connectivity index (χ2v) is 4.18. The van der Waals surface area contributed by atoms with E-state index in [9.17, 15) is 14.0 Å². The monoisotopic (exact) mass is 252 g/mol. The SMILES string of the molecule is O=C(NCc1csc(=O)[nH]1)c1ccccc1F. The maximum Gasteiger partial charge on any atom is 0.304 e. The average Bonchev–Trinajstić information content (AvgIpc) is 2.73. The summed E-state index contributed by atoms with van der Waals surface area (Å²) in [5, 5.41) is 4.14. The van der Waals surface area contributed by atoms with Gasteiger partial charge in [0.05, 0.1) is 12.1 Å². The molecule has 0 saturated carbocycles. The minimum absolute atomic E-state index is 0.00919. The van der Waals surface area contributed by atoms with Crippen molar-refractivity contribution in [1.82, 2.24) is 10.3 Å². The van der Waals surface area contributed by atoms with E-state index < -0.39 is 11.7 Å². The Bertz CT molecular complexity index is 591. The molecule has 0 saturated heterocycles. The zero-order chi connectivity index (χ0) is 12.3. The Labute approximate surface area is 100 Å². The predicted octanol–water partition coefficient (Wildman–Crippen LogP) is 1.51. The Morgan fingerprint density at radius 1 is 1.41 bits per heavy atom. The quantitative estimate of drug-likeness (QED) is 0.869. The minimum atomic E-state index is -0.566. The van der Waals surface area contributed by atoms with Crippen LogP contribution in [-0.2, 0) is 6.54 Å². The Hall–Kier alpha value is -1.95. The number of amides is 1. The number of rotatable bonds is 3. The van der Waals surface area contributed by atoms with E-state index in [1.165, 1.54) is 18.2 Å². The number of hydrogen-bond acceptors (Lipinski definition) is 3. The molecule has 2 rings (SSSR count). The van der Waals surface area contributed by atoms with Crippen molar-refractivity contribution in [3.63, 3.8) is 0 Å². The van der Waals surface area contributed by atoms with Crippen LogP contribution < -0.4 is 10.2 Å². The molecule has 0 radical (unpaired) electrons. The number of carbonyl (C=O) groups excluding carboxylic acids is 1. The number of benzene rings is 1. The Balaban J connectivity index is 2.03. The van der Waals surface area contributed by atoms with E-state index in [1.54, 1.807) is 11.4 Å². The molecule has 1 aromatic carbocycles. The van der Waals surface area contributed by atoms with Gasteiger partial charge in [-0.3, -0.25) is 9.59 Å². The molecule has 2 N–H and O–H groups in total. The van der Waals surface area contributed by atoms with E-state index >= 15 is 0 Å². The van der Waals surface area contributed by atoms with Gasteiger partial charge in [-0.1, -0.05) is 23.5 Å². The van der Waals surface area contributed by atoms with Crippen LogP contribution in [0.5, 0.6) is 0 Å². The molecule has 0 atom stereocenters. The van der Waals surface area contributed by atoms with Gasteiger partial charge in [-0.25, -0.2) is 4.39 Å². The molecule has 0 aliphatic rings. The molecule has 1 amide bonds. The molecule has 0 bridgehead atoms. The summed E-state index contributed by atoms with van der Waals surface area (Å²) in [6.07, 6.45) is 0. The summed E-state index contributed by atoms with van der Waals surface area (Å²) in [4.78, 5) is 24.8. The molecule has 0 aliphatic heterocycles. The van der Waals surface area contributed by atoms with Crippen LogP contribution in [0.15, 0.2) is 34.4 Å². The van der Waals surface area contributed by atoms with E-state index in [-0.39, 0.29) is 17.0 Å². The third-order valence-corrected chi connectivity index (χ3v) is 2.85. The van der Waals surface area contributed by atoms with Crippen molar-refractivity contribution in [3.8, 4) is 0 Å². The Kier molecular flexibility index (Phi) is 3.34. The zero-order valence-electron chi connectivity index (χ0n) is 8.70. The number of aromatic amines is 1. The molecule has 2 aromatic rings. The van der Waals surface area contributed by atoms with Crippen LogP contribution >= 0.6 is 11.3 Å². The summed E-state index contributed by atoms with van der Waals surface area (Å²) in [7, 11) is 0. The first-order valence-electron chi connectivity index (χ1n) is 4.86. The van der Waals surface area contributed by atoms with Crippen molar-refractivity contribution in [1.29, 1.82) is 0 Å². The lowest BCUT2D eigenvalue weighted by Gasteiger charge is -2.04. The molecular formula is C11H9FN2O2S. The predicted molar refractivity (Wildman–Crippen MR) is 62.5 cm³/mol. The molecule has 1 aromatic heterocycles. The van der Waals surface area contributed by atoms with Crippen molar-refractivity contribution in [3.05, 3.63) is 56.4 Å². The standard InChI is InChI=1S/C11H9FN2O2S/c12-9-4-2-1-3-8(9)10(15)13-5-7-6-17-11(16)14-7/h1-4,6H,5H2,(H,13,15)(H,14,16). The van der Waals surface area contributed by atoms with Crippen LogP contribution in [0.4, 0.5) is 4.39 Å². The number of carbonyl (C=O) groups is 1. The molecule has 0 unspecified atom stereocenters. The summed E-state index contributed by atoms with van der Waals surface area (Å²) >= 11 is 1.02. The van der Waals surface area contributed by atoms with Crippen LogP contribution in [0.25, 0.3) is 0 Å². The fraction of sp³-hybridized carbons (Fsp3) is 0.0909. The highest BCUT2D eigenvalue weighted by Gasteiger charge is 2.10. The third kappa shape index (κ3) is 2.79. The summed E-state index contributed by atoms with van der Waals surface area (Å²) in [5.74, 6) is -1.07. The molecule has 88 valence electrons. The van der Waals surface area contributed by atoms with Crippen molar-refractivity contribution >= 4 is 17.2 Å². The van der Waals surface area contributed by atoms with Crippen LogP contribution in [0.2, 0.25) is 0 Å². The maximum atomic E-state index is 13.3. The van der Waals surface area contributed by atoms with E-state index in [0.29, 0.717) is 5.69 Å². The van der Waals surface area contributed by atoms with Gasteiger partial charge in [-0.05, 0) is 12.1 Å². The first kappa shape index (κ1) is 11.5. The molecule has 17 heavy (non-hydrogen) atoms. The van der Waals surface area contributed by atoms with Gasteiger partial charge in [0.25, 0.3) is 5.91 Å². The normalized spacial score (nSPS) is 10.2. The highest BCUT2D eigenvalue weighted by Crippen LogP contribution is 2.06. The fourth-order valence-electron chi connectivity index (χ4n) is 1.32. The van der Waals surface area contributed by atoms with Gasteiger partial charge in [0.2, 0.25) is 0 Å². The molecule has 0 spiro atoms. The molecular weight excluding hydrogens is 243 g/mol. The number of hydrogen-bond donors (Lipinski definition) is 2. The van der Waals surface area contributed by atoms with Crippen LogP contribution in [0.1, 0.15) is 16.1 Å². The van der Waals surface area contributed by atoms with Crippen LogP contribution in [0, 0.1) is 5.82 Å². The molecule has 6 heteroatoms. The van der Waals surface area contributed by atoms with Gasteiger partial charge in [0.1, 0.15) is 5.82 Å². The van der Waals surface area contributed by atoms with Crippen molar-refractivity contribution in [2.24, 2.45) is 0 Å². The Morgan fingerprint density at radius 2 is 2.18 bits per heavy atom. The van der Waals surface area contributed by atoms with Gasteiger partial charge >= 0.3 is 4.87 Å². The van der Waals surface area contributed by atoms with E-state index in [4.69, 9.17) is 0 Å². The maximum absolute atomic E-state index is 13.3. The summed E-state index contributed by atoms with van der Waals surface area (Å²) < 4.78 is 13.3. The van der Waals surface area contributed by atoms with Gasteiger partial charge in [0.15, 0.2) is 0 Å². The van der Waals surface area contributed by atoms with E-state index in [0.717, 1.165) is 11.3 Å². The number of thiazole rings is 1. The lowest BCUT2D eigenvalue weighted by Crippen LogP contribution is -2.24. The van der Waals surface area contributed by atoms with Gasteiger partial charge in [-0.2, -0.15) is 0 Å². The Morgan fingerprint density at radius 3 is 2.82 bits per heavy atom. The lowest BCUT2D eigenvalue weighted by atomic mass is 10.2.